The van der Waals surface area contributed by atoms with E-state index in [0.717, 1.165) is 37.8 Å². The Morgan fingerprint density at radius 2 is 2.11 bits per heavy atom. The summed E-state index contributed by atoms with van der Waals surface area (Å²) in [6, 6.07) is 2.11. The van der Waals surface area contributed by atoms with Crippen LogP contribution in [0, 0.1) is 15.9 Å². The van der Waals surface area contributed by atoms with Crippen LogP contribution in [0.3, 0.4) is 0 Å². The first-order valence-electron chi connectivity index (χ1n) is 5.96. The van der Waals surface area contributed by atoms with Crippen molar-refractivity contribution < 1.29 is 14.1 Å². The van der Waals surface area contributed by atoms with Crippen molar-refractivity contribution in [1.29, 1.82) is 0 Å². The van der Waals surface area contributed by atoms with Crippen LogP contribution in [0.4, 0.5) is 10.1 Å². The summed E-state index contributed by atoms with van der Waals surface area (Å²) in [6.07, 6.45) is 3.69. The number of hydrogen-bond acceptors (Lipinski definition) is 4. The highest BCUT2D eigenvalue weighted by molar-refractivity contribution is 9.10. The van der Waals surface area contributed by atoms with Gasteiger partial charge in [-0.1, -0.05) is 12.8 Å². The summed E-state index contributed by atoms with van der Waals surface area (Å²) >= 11 is 2.92. The molecule has 0 amide bonds. The molecule has 1 fully saturated rings. The molecule has 1 aromatic rings. The largest absolute Gasteiger partial charge is 0.485 e. The predicted octanol–water partition coefficient (Wildman–Crippen LogP) is 3.15. The molecule has 5 nitrogen and oxygen atoms in total. The first kappa shape index (κ1) is 14.2. The average Bonchev–Trinajstić information content (AvgIpc) is 2.77. The van der Waals surface area contributed by atoms with Gasteiger partial charge in [0.25, 0.3) is 0 Å². The summed E-state index contributed by atoms with van der Waals surface area (Å²) in [7, 11) is 0. The van der Waals surface area contributed by atoms with Crippen molar-refractivity contribution in [2.24, 2.45) is 5.73 Å². The minimum Gasteiger partial charge on any atom is -0.485 e. The number of ether oxygens (including phenoxy) is 1. The molecule has 7 heteroatoms. The molecule has 104 valence electrons. The molecule has 0 aliphatic heterocycles. The third-order valence-electron chi connectivity index (χ3n) is 3.31. The number of nitro groups is 1. The Morgan fingerprint density at radius 3 is 2.68 bits per heavy atom. The standard InChI is InChI=1S/C12H14BrFN2O3/c13-8-5-10(16(17)18)11(6-9(8)14)19-7-12(15)3-1-2-4-12/h5-6H,1-4,7,15H2. The van der Waals surface area contributed by atoms with Gasteiger partial charge in [-0.15, -0.1) is 0 Å². The molecule has 19 heavy (non-hydrogen) atoms. The minimum atomic E-state index is -0.600. The van der Waals surface area contributed by atoms with E-state index in [1.807, 2.05) is 0 Å². The Labute approximate surface area is 118 Å². The van der Waals surface area contributed by atoms with Crippen LogP contribution in [0.2, 0.25) is 0 Å². The topological polar surface area (TPSA) is 78.4 Å². The van der Waals surface area contributed by atoms with E-state index in [-0.39, 0.29) is 22.5 Å². The second kappa shape index (κ2) is 5.42. The normalized spacial score (nSPS) is 17.4. The Bertz CT molecular complexity index is 504. The molecule has 0 spiro atoms. The van der Waals surface area contributed by atoms with Crippen LogP contribution in [0.15, 0.2) is 16.6 Å². The predicted molar refractivity (Wildman–Crippen MR) is 71.6 cm³/mol. The Morgan fingerprint density at radius 1 is 1.47 bits per heavy atom. The van der Waals surface area contributed by atoms with Crippen LogP contribution < -0.4 is 10.5 Å². The summed E-state index contributed by atoms with van der Waals surface area (Å²) in [6.45, 7) is 0.162. The summed E-state index contributed by atoms with van der Waals surface area (Å²) in [5.41, 5.74) is 5.37. The number of hydrogen-bond donors (Lipinski definition) is 1. The molecule has 0 unspecified atom stereocenters. The Hall–Kier alpha value is -1.21. The van der Waals surface area contributed by atoms with Gasteiger partial charge in [-0.05, 0) is 28.8 Å². The number of rotatable bonds is 4. The van der Waals surface area contributed by atoms with Gasteiger partial charge in [0, 0.05) is 12.1 Å². The summed E-state index contributed by atoms with van der Waals surface area (Å²) in [5.74, 6) is -0.680. The fourth-order valence-electron chi connectivity index (χ4n) is 2.22. The van der Waals surface area contributed by atoms with E-state index in [0.29, 0.717) is 0 Å². The number of nitrogens with zero attached hydrogens (tertiary/aromatic N) is 1. The SMILES string of the molecule is NC1(COc2cc(F)c(Br)cc2[N+](=O)[O-])CCCC1. The van der Waals surface area contributed by atoms with E-state index >= 15 is 0 Å². The highest BCUT2D eigenvalue weighted by atomic mass is 79.9. The monoisotopic (exact) mass is 332 g/mol. The van der Waals surface area contributed by atoms with Crippen molar-refractivity contribution >= 4 is 21.6 Å². The van der Waals surface area contributed by atoms with Crippen LogP contribution >= 0.6 is 15.9 Å². The molecular weight excluding hydrogens is 319 g/mol. The molecule has 1 aliphatic rings. The van der Waals surface area contributed by atoms with E-state index in [4.69, 9.17) is 10.5 Å². The molecular formula is C12H14BrFN2O3. The van der Waals surface area contributed by atoms with E-state index in [9.17, 15) is 14.5 Å². The zero-order chi connectivity index (χ0) is 14.0. The third kappa shape index (κ3) is 3.22. The molecule has 0 bridgehead atoms. The van der Waals surface area contributed by atoms with Crippen LogP contribution in [0.5, 0.6) is 5.75 Å². The van der Waals surface area contributed by atoms with E-state index in [2.05, 4.69) is 15.9 Å². The zero-order valence-electron chi connectivity index (χ0n) is 10.2. The molecule has 1 aromatic carbocycles. The maximum Gasteiger partial charge on any atom is 0.312 e. The lowest BCUT2D eigenvalue weighted by molar-refractivity contribution is -0.386. The van der Waals surface area contributed by atoms with Crippen LogP contribution in [0.1, 0.15) is 25.7 Å². The van der Waals surface area contributed by atoms with Gasteiger partial charge < -0.3 is 10.5 Å². The van der Waals surface area contributed by atoms with Crippen molar-refractivity contribution in [3.8, 4) is 5.75 Å². The summed E-state index contributed by atoms with van der Waals surface area (Å²) < 4.78 is 18.9. The van der Waals surface area contributed by atoms with E-state index < -0.39 is 16.3 Å². The molecule has 2 rings (SSSR count). The Balaban J connectivity index is 2.19. The van der Waals surface area contributed by atoms with Gasteiger partial charge in [-0.2, -0.15) is 0 Å². The Kier molecular flexibility index (Phi) is 4.05. The molecule has 0 saturated heterocycles. The molecule has 1 saturated carbocycles. The summed E-state index contributed by atoms with van der Waals surface area (Å²) in [5, 5.41) is 10.9. The maximum atomic E-state index is 13.4. The average molecular weight is 333 g/mol. The van der Waals surface area contributed by atoms with Gasteiger partial charge in [0.15, 0.2) is 5.75 Å². The second-order valence-electron chi connectivity index (χ2n) is 4.85. The first-order valence-corrected chi connectivity index (χ1v) is 6.76. The molecule has 0 heterocycles. The van der Waals surface area contributed by atoms with Crippen LogP contribution in [0.25, 0.3) is 0 Å². The van der Waals surface area contributed by atoms with Gasteiger partial charge in [0.1, 0.15) is 12.4 Å². The molecule has 0 aromatic heterocycles. The lowest BCUT2D eigenvalue weighted by Gasteiger charge is -2.23. The second-order valence-corrected chi connectivity index (χ2v) is 5.70. The van der Waals surface area contributed by atoms with Crippen molar-refractivity contribution in [2.75, 3.05) is 6.61 Å². The van der Waals surface area contributed by atoms with E-state index in [1.54, 1.807) is 0 Å². The maximum absolute atomic E-state index is 13.4. The number of halogens is 2. The highest BCUT2D eigenvalue weighted by Gasteiger charge is 2.31. The number of benzene rings is 1. The highest BCUT2D eigenvalue weighted by Crippen LogP contribution is 2.34. The summed E-state index contributed by atoms with van der Waals surface area (Å²) in [4.78, 5) is 10.3. The van der Waals surface area contributed by atoms with Crippen molar-refractivity contribution in [2.45, 2.75) is 31.2 Å². The van der Waals surface area contributed by atoms with Crippen LogP contribution in [-0.4, -0.2) is 17.1 Å². The fourth-order valence-corrected chi connectivity index (χ4v) is 2.55. The molecule has 2 N–H and O–H groups in total. The van der Waals surface area contributed by atoms with Gasteiger partial charge in [0.2, 0.25) is 0 Å². The minimum absolute atomic E-state index is 0.0369. The van der Waals surface area contributed by atoms with Crippen molar-refractivity contribution in [3.63, 3.8) is 0 Å². The van der Waals surface area contributed by atoms with Gasteiger partial charge in [-0.25, -0.2) is 4.39 Å². The first-order chi connectivity index (χ1) is 8.91. The van der Waals surface area contributed by atoms with Gasteiger partial charge >= 0.3 is 5.69 Å². The smallest absolute Gasteiger partial charge is 0.312 e. The van der Waals surface area contributed by atoms with E-state index in [1.165, 1.54) is 0 Å². The number of nitrogens with two attached hydrogens (primary N) is 1. The van der Waals surface area contributed by atoms with Gasteiger partial charge in [0.05, 0.1) is 14.9 Å². The lowest BCUT2D eigenvalue weighted by atomic mass is 10.0. The third-order valence-corrected chi connectivity index (χ3v) is 3.92. The number of nitro benzene ring substituents is 1. The quantitative estimate of drug-likeness (QED) is 0.678. The molecule has 1 aliphatic carbocycles. The fraction of sp³-hybridized carbons (Fsp3) is 0.500. The van der Waals surface area contributed by atoms with Gasteiger partial charge in [-0.3, -0.25) is 10.1 Å². The zero-order valence-corrected chi connectivity index (χ0v) is 11.8. The lowest BCUT2D eigenvalue weighted by Crippen LogP contribution is -2.42. The molecule has 0 radical (unpaired) electrons. The van der Waals surface area contributed by atoms with Crippen LogP contribution in [-0.2, 0) is 0 Å². The van der Waals surface area contributed by atoms with Crippen molar-refractivity contribution in [3.05, 3.63) is 32.5 Å². The van der Waals surface area contributed by atoms with Crippen molar-refractivity contribution in [1.82, 2.24) is 0 Å². The molecule has 0 atom stereocenters.